The summed E-state index contributed by atoms with van der Waals surface area (Å²) in [5, 5.41) is 2.93. The van der Waals surface area contributed by atoms with Crippen molar-refractivity contribution in [3.63, 3.8) is 0 Å². The second-order valence-electron chi connectivity index (χ2n) is 4.24. The average molecular weight is 378 g/mol. The van der Waals surface area contributed by atoms with Crippen LogP contribution in [0.4, 0.5) is 11.4 Å². The Morgan fingerprint density at radius 1 is 1.28 bits per heavy atom. The van der Waals surface area contributed by atoms with Gasteiger partial charge in [-0.3, -0.25) is 4.79 Å². The van der Waals surface area contributed by atoms with Gasteiger partial charge in [-0.25, -0.2) is 0 Å². The van der Waals surface area contributed by atoms with E-state index >= 15 is 0 Å². The molecule has 0 aromatic heterocycles. The summed E-state index contributed by atoms with van der Waals surface area (Å²) < 4.78 is 6.79. The molecule has 0 spiro atoms. The van der Waals surface area contributed by atoms with E-state index in [1.165, 1.54) is 0 Å². The molecule has 0 saturated carbocycles. The summed E-state index contributed by atoms with van der Waals surface area (Å²) in [6.45, 7) is 1.31. The van der Waals surface area contributed by atoms with E-state index in [-0.39, 0.29) is 11.8 Å². The number of ether oxygens (including phenoxy) is 1. The van der Waals surface area contributed by atoms with Crippen LogP contribution in [0, 0.1) is 5.92 Å². The summed E-state index contributed by atoms with van der Waals surface area (Å²) >= 11 is 6.80. The number of hydrogen-bond donors (Lipinski definition) is 2. The molecule has 3 N–H and O–H groups in total. The van der Waals surface area contributed by atoms with Gasteiger partial charge in [0.1, 0.15) is 0 Å². The molecule has 1 saturated heterocycles. The van der Waals surface area contributed by atoms with E-state index < -0.39 is 0 Å². The zero-order valence-electron chi connectivity index (χ0n) is 9.71. The molecule has 1 aliphatic rings. The van der Waals surface area contributed by atoms with Crippen molar-refractivity contribution in [2.45, 2.75) is 12.8 Å². The molecule has 6 heteroatoms. The summed E-state index contributed by atoms with van der Waals surface area (Å²) in [5.41, 5.74) is 7.07. The van der Waals surface area contributed by atoms with Crippen LogP contribution in [-0.4, -0.2) is 19.1 Å². The van der Waals surface area contributed by atoms with Crippen LogP contribution in [0.25, 0.3) is 0 Å². The van der Waals surface area contributed by atoms with Crippen molar-refractivity contribution in [3.8, 4) is 0 Å². The van der Waals surface area contributed by atoms with E-state index in [2.05, 4.69) is 37.2 Å². The Kier molecular flexibility index (Phi) is 4.64. The number of amides is 1. The number of rotatable bonds is 2. The lowest BCUT2D eigenvalue weighted by atomic mass is 9.99. The van der Waals surface area contributed by atoms with Crippen molar-refractivity contribution in [3.05, 3.63) is 21.1 Å². The van der Waals surface area contributed by atoms with Crippen molar-refractivity contribution in [1.29, 1.82) is 0 Å². The first-order valence-corrected chi connectivity index (χ1v) is 7.29. The number of carbonyl (C=O) groups is 1. The summed E-state index contributed by atoms with van der Waals surface area (Å²) in [6.07, 6.45) is 1.55. The van der Waals surface area contributed by atoms with Gasteiger partial charge in [-0.1, -0.05) is 0 Å². The predicted octanol–water partition coefficient (Wildman–Crippen LogP) is 3.16. The molecule has 1 aromatic carbocycles. The zero-order chi connectivity index (χ0) is 13.1. The standard InChI is InChI=1S/C12H14Br2N2O2/c13-9-5-8(15)6-10(14)11(9)16-12(17)7-1-3-18-4-2-7/h5-7H,1-4,15H2,(H,16,17). The fourth-order valence-corrected chi connectivity index (χ4v) is 3.32. The number of hydrogen-bond acceptors (Lipinski definition) is 3. The van der Waals surface area contributed by atoms with Crippen molar-refractivity contribution in [2.24, 2.45) is 5.92 Å². The molecule has 98 valence electrons. The first-order valence-electron chi connectivity index (χ1n) is 5.71. The molecule has 1 aliphatic heterocycles. The summed E-state index contributed by atoms with van der Waals surface area (Å²) in [4.78, 5) is 12.1. The Bertz CT molecular complexity index is 436. The van der Waals surface area contributed by atoms with Gasteiger partial charge in [0, 0.05) is 33.8 Å². The smallest absolute Gasteiger partial charge is 0.227 e. The largest absolute Gasteiger partial charge is 0.399 e. The maximum absolute atomic E-state index is 12.1. The molecule has 18 heavy (non-hydrogen) atoms. The Hall–Kier alpha value is -0.590. The van der Waals surface area contributed by atoms with Gasteiger partial charge in [-0.2, -0.15) is 0 Å². The van der Waals surface area contributed by atoms with Gasteiger partial charge in [0.05, 0.1) is 5.69 Å². The lowest BCUT2D eigenvalue weighted by Crippen LogP contribution is -2.28. The normalized spacial score (nSPS) is 16.6. The van der Waals surface area contributed by atoms with Gasteiger partial charge < -0.3 is 15.8 Å². The maximum Gasteiger partial charge on any atom is 0.227 e. The average Bonchev–Trinajstić information content (AvgIpc) is 2.34. The maximum atomic E-state index is 12.1. The zero-order valence-corrected chi connectivity index (χ0v) is 12.9. The number of nitrogen functional groups attached to an aromatic ring is 1. The van der Waals surface area contributed by atoms with Crippen LogP contribution >= 0.6 is 31.9 Å². The number of carbonyl (C=O) groups excluding carboxylic acids is 1. The summed E-state index contributed by atoms with van der Waals surface area (Å²) in [7, 11) is 0. The molecule has 0 aliphatic carbocycles. The van der Waals surface area contributed by atoms with Crippen LogP contribution in [0.2, 0.25) is 0 Å². The van der Waals surface area contributed by atoms with Gasteiger partial charge in [-0.05, 0) is 56.8 Å². The van der Waals surface area contributed by atoms with E-state index in [0.717, 1.165) is 27.5 Å². The van der Waals surface area contributed by atoms with E-state index in [1.54, 1.807) is 12.1 Å². The van der Waals surface area contributed by atoms with Gasteiger partial charge in [0.2, 0.25) is 5.91 Å². The minimum absolute atomic E-state index is 0.0232. The fourth-order valence-electron chi connectivity index (χ4n) is 1.90. The highest BCUT2D eigenvalue weighted by Gasteiger charge is 2.22. The van der Waals surface area contributed by atoms with E-state index in [1.807, 2.05) is 0 Å². The van der Waals surface area contributed by atoms with Crippen molar-refractivity contribution in [2.75, 3.05) is 24.3 Å². The van der Waals surface area contributed by atoms with Crippen LogP contribution in [0.3, 0.4) is 0 Å². The highest BCUT2D eigenvalue weighted by Crippen LogP contribution is 2.34. The topological polar surface area (TPSA) is 64.3 Å². The van der Waals surface area contributed by atoms with E-state index in [9.17, 15) is 4.79 Å². The molecule has 0 bridgehead atoms. The van der Waals surface area contributed by atoms with Gasteiger partial charge in [0.25, 0.3) is 0 Å². The highest BCUT2D eigenvalue weighted by atomic mass is 79.9. The minimum atomic E-state index is 0.0232. The molecule has 1 amide bonds. The minimum Gasteiger partial charge on any atom is -0.399 e. The summed E-state index contributed by atoms with van der Waals surface area (Å²) in [6, 6.07) is 3.54. The second kappa shape index (κ2) is 6.04. The van der Waals surface area contributed by atoms with Crippen molar-refractivity contribution < 1.29 is 9.53 Å². The third-order valence-corrected chi connectivity index (χ3v) is 4.16. The Morgan fingerprint density at radius 3 is 2.39 bits per heavy atom. The molecule has 4 nitrogen and oxygen atoms in total. The molecule has 1 heterocycles. The van der Waals surface area contributed by atoms with Gasteiger partial charge in [-0.15, -0.1) is 0 Å². The number of nitrogens with one attached hydrogen (secondary N) is 1. The van der Waals surface area contributed by atoms with E-state index in [0.29, 0.717) is 18.9 Å². The van der Waals surface area contributed by atoms with Crippen molar-refractivity contribution in [1.82, 2.24) is 0 Å². The van der Waals surface area contributed by atoms with Crippen LogP contribution in [0.1, 0.15) is 12.8 Å². The lowest BCUT2D eigenvalue weighted by Gasteiger charge is -2.22. The van der Waals surface area contributed by atoms with Gasteiger partial charge in [0.15, 0.2) is 0 Å². The lowest BCUT2D eigenvalue weighted by molar-refractivity contribution is -0.122. The Labute approximate surface area is 123 Å². The van der Waals surface area contributed by atoms with Crippen LogP contribution < -0.4 is 11.1 Å². The number of benzene rings is 1. The molecule has 0 atom stereocenters. The monoisotopic (exact) mass is 376 g/mol. The number of halogens is 2. The first-order chi connectivity index (χ1) is 8.58. The number of anilines is 2. The van der Waals surface area contributed by atoms with Crippen molar-refractivity contribution >= 4 is 49.1 Å². The fraction of sp³-hybridized carbons (Fsp3) is 0.417. The summed E-state index contributed by atoms with van der Waals surface area (Å²) in [5.74, 6) is 0.0552. The molecular weight excluding hydrogens is 364 g/mol. The molecule has 0 unspecified atom stereocenters. The highest BCUT2D eigenvalue weighted by molar-refractivity contribution is 9.11. The molecule has 1 aromatic rings. The molecule has 0 radical (unpaired) electrons. The third-order valence-electron chi connectivity index (χ3n) is 2.90. The van der Waals surface area contributed by atoms with Gasteiger partial charge >= 0.3 is 0 Å². The first kappa shape index (κ1) is 13.8. The molecular formula is C12H14Br2N2O2. The SMILES string of the molecule is Nc1cc(Br)c(NC(=O)C2CCOCC2)c(Br)c1. The molecule has 2 rings (SSSR count). The van der Waals surface area contributed by atoms with Crippen LogP contribution in [-0.2, 0) is 9.53 Å². The van der Waals surface area contributed by atoms with Crippen LogP contribution in [0.5, 0.6) is 0 Å². The predicted molar refractivity (Wildman–Crippen MR) is 78.4 cm³/mol. The number of nitrogens with two attached hydrogens (primary N) is 1. The molecule has 1 fully saturated rings. The second-order valence-corrected chi connectivity index (χ2v) is 5.94. The Morgan fingerprint density at radius 2 is 1.83 bits per heavy atom. The quantitative estimate of drug-likeness (QED) is 0.778. The third kappa shape index (κ3) is 3.24. The van der Waals surface area contributed by atoms with Crippen LogP contribution in [0.15, 0.2) is 21.1 Å². The Balaban J connectivity index is 2.11. The van der Waals surface area contributed by atoms with E-state index in [4.69, 9.17) is 10.5 Å².